The van der Waals surface area contributed by atoms with E-state index in [1.54, 1.807) is 7.11 Å². The molecule has 2 amide bonds. The summed E-state index contributed by atoms with van der Waals surface area (Å²) in [6.07, 6.45) is 1.82. The first kappa shape index (κ1) is 23.3. The van der Waals surface area contributed by atoms with Crippen LogP contribution in [0.4, 0.5) is 5.69 Å². The molecule has 4 rings (SSSR count). The van der Waals surface area contributed by atoms with Gasteiger partial charge in [0.1, 0.15) is 5.75 Å². The van der Waals surface area contributed by atoms with Crippen molar-refractivity contribution in [3.05, 3.63) is 70.5 Å². The number of para-hydroxylation sites is 1. The van der Waals surface area contributed by atoms with E-state index in [0.29, 0.717) is 17.7 Å². The first-order valence-corrected chi connectivity index (χ1v) is 11.2. The number of aromatic nitrogens is 1. The number of likely N-dealkylation sites (N-methyl/N-ethyl adjacent to an activating group) is 1. The number of aryl methyl sites for hydroxylation is 1. The van der Waals surface area contributed by atoms with Gasteiger partial charge in [-0.25, -0.2) is 0 Å². The summed E-state index contributed by atoms with van der Waals surface area (Å²) in [7, 11) is 5.58. The molecule has 0 atom stereocenters. The Kier molecular flexibility index (Phi) is 6.56. The van der Waals surface area contributed by atoms with E-state index in [1.807, 2.05) is 81.4 Å². The molecule has 2 aromatic carbocycles. The molecule has 0 saturated heterocycles. The minimum absolute atomic E-state index is 0.115. The molecule has 3 aromatic rings. The molecule has 2 heterocycles. The second-order valence-corrected chi connectivity index (χ2v) is 8.70. The number of benzene rings is 2. The Morgan fingerprint density at radius 3 is 2.62 bits per heavy atom. The fourth-order valence-corrected chi connectivity index (χ4v) is 4.27. The molecule has 0 fully saturated rings. The average Bonchev–Trinajstić information content (AvgIpc) is 3.27. The maximum atomic E-state index is 12.8. The maximum absolute atomic E-state index is 12.8. The van der Waals surface area contributed by atoms with Gasteiger partial charge in [-0.15, -0.1) is 0 Å². The Bertz CT molecular complexity index is 1290. The van der Waals surface area contributed by atoms with Gasteiger partial charge < -0.3 is 25.3 Å². The summed E-state index contributed by atoms with van der Waals surface area (Å²) in [6, 6.07) is 13.7. The van der Waals surface area contributed by atoms with Gasteiger partial charge in [-0.2, -0.15) is 0 Å². The largest absolute Gasteiger partial charge is 0.496 e. The fraction of sp³-hybridized carbons (Fsp3) is 0.259. The van der Waals surface area contributed by atoms with Crippen LogP contribution >= 0.6 is 0 Å². The first-order chi connectivity index (χ1) is 16.3. The highest BCUT2D eigenvalue weighted by molar-refractivity contribution is 6.35. The summed E-state index contributed by atoms with van der Waals surface area (Å²) in [5.74, 6) is 0.489. The van der Waals surface area contributed by atoms with Crippen LogP contribution in [0, 0.1) is 13.8 Å². The summed E-state index contributed by atoms with van der Waals surface area (Å²) in [4.78, 5) is 30.9. The van der Waals surface area contributed by atoms with E-state index in [1.165, 1.54) is 0 Å². The zero-order valence-corrected chi connectivity index (χ0v) is 20.2. The highest BCUT2D eigenvalue weighted by Crippen LogP contribution is 2.38. The predicted molar refractivity (Wildman–Crippen MR) is 136 cm³/mol. The number of ether oxygens (including phenoxy) is 1. The van der Waals surface area contributed by atoms with Gasteiger partial charge in [0, 0.05) is 41.3 Å². The van der Waals surface area contributed by atoms with Crippen molar-refractivity contribution in [1.29, 1.82) is 0 Å². The molecule has 7 nitrogen and oxygen atoms in total. The number of nitrogens with one attached hydrogen (secondary N) is 3. The van der Waals surface area contributed by atoms with Crippen molar-refractivity contribution < 1.29 is 14.3 Å². The van der Waals surface area contributed by atoms with Crippen molar-refractivity contribution in [2.75, 3.05) is 39.6 Å². The minimum atomic E-state index is -0.171. The van der Waals surface area contributed by atoms with E-state index < -0.39 is 0 Å². The van der Waals surface area contributed by atoms with Crippen molar-refractivity contribution in [2.24, 2.45) is 0 Å². The van der Waals surface area contributed by atoms with Crippen LogP contribution < -0.4 is 15.4 Å². The molecule has 0 spiro atoms. The van der Waals surface area contributed by atoms with Gasteiger partial charge in [-0.1, -0.05) is 30.3 Å². The van der Waals surface area contributed by atoms with E-state index >= 15 is 0 Å². The van der Waals surface area contributed by atoms with Gasteiger partial charge in [0.2, 0.25) is 0 Å². The summed E-state index contributed by atoms with van der Waals surface area (Å²) in [5.41, 5.74) is 7.02. The van der Waals surface area contributed by atoms with Gasteiger partial charge in [-0.3, -0.25) is 9.59 Å². The van der Waals surface area contributed by atoms with Crippen LogP contribution in [0.3, 0.4) is 0 Å². The number of amides is 2. The zero-order chi connectivity index (χ0) is 24.4. The zero-order valence-electron chi connectivity index (χ0n) is 20.2. The second kappa shape index (κ2) is 9.57. The number of hydrogen-bond acceptors (Lipinski definition) is 4. The van der Waals surface area contributed by atoms with Gasteiger partial charge in [0.05, 0.1) is 18.2 Å². The van der Waals surface area contributed by atoms with Crippen LogP contribution in [-0.4, -0.2) is 56.0 Å². The van der Waals surface area contributed by atoms with Crippen LogP contribution in [0.5, 0.6) is 5.75 Å². The summed E-state index contributed by atoms with van der Waals surface area (Å²) >= 11 is 0. The molecule has 34 heavy (non-hydrogen) atoms. The molecule has 0 saturated carbocycles. The van der Waals surface area contributed by atoms with Crippen LogP contribution in [0.25, 0.3) is 22.8 Å². The maximum Gasteiger partial charge on any atom is 0.256 e. The Labute approximate surface area is 199 Å². The third-order valence-corrected chi connectivity index (χ3v) is 6.06. The number of fused-ring (bicyclic) bond motifs is 1. The molecule has 1 aromatic heterocycles. The Morgan fingerprint density at radius 1 is 1.12 bits per heavy atom. The topological polar surface area (TPSA) is 86.5 Å². The lowest BCUT2D eigenvalue weighted by Crippen LogP contribution is -2.31. The molecule has 176 valence electrons. The van der Waals surface area contributed by atoms with Gasteiger partial charge in [0.15, 0.2) is 0 Å². The highest BCUT2D eigenvalue weighted by Gasteiger charge is 2.26. The number of nitrogens with zero attached hydrogens (tertiary/aromatic N) is 1. The SMILES string of the molecule is COc1ccccc1-c1ccc2c(c1)NC(=O)C2=Cc1[nH]c(C)c(C(=O)NCCN(C)C)c1C. The molecule has 0 radical (unpaired) electrons. The van der Waals surface area contributed by atoms with Gasteiger partial charge in [0.25, 0.3) is 11.8 Å². The standard InChI is InChI=1S/C27H30N4O3/c1-16-22(29-17(2)25(16)27(33)28-12-13-31(3)4)15-21-20-11-10-18(14-23(20)30-26(21)32)19-8-6-7-9-24(19)34-5/h6-11,14-15,29H,12-13H2,1-5H3,(H,28,33)(H,30,32). The number of methoxy groups -OCH3 is 1. The van der Waals surface area contributed by atoms with Gasteiger partial charge >= 0.3 is 0 Å². The Morgan fingerprint density at radius 2 is 1.88 bits per heavy atom. The number of carbonyl (C=O) groups is 2. The van der Waals surface area contributed by atoms with E-state index in [0.717, 1.165) is 51.6 Å². The molecular formula is C27H30N4O3. The number of H-pyrrole nitrogens is 1. The van der Waals surface area contributed by atoms with Crippen LogP contribution in [0.1, 0.15) is 32.9 Å². The van der Waals surface area contributed by atoms with Crippen LogP contribution in [0.15, 0.2) is 42.5 Å². The monoisotopic (exact) mass is 458 g/mol. The smallest absolute Gasteiger partial charge is 0.256 e. The molecule has 0 unspecified atom stereocenters. The lowest BCUT2D eigenvalue weighted by molar-refractivity contribution is -0.110. The molecule has 7 heteroatoms. The van der Waals surface area contributed by atoms with Crippen molar-refractivity contribution in [2.45, 2.75) is 13.8 Å². The van der Waals surface area contributed by atoms with Gasteiger partial charge in [-0.05, 0) is 57.3 Å². The summed E-state index contributed by atoms with van der Waals surface area (Å²) in [6.45, 7) is 5.10. The number of anilines is 1. The van der Waals surface area contributed by atoms with Crippen molar-refractivity contribution in [1.82, 2.24) is 15.2 Å². The Balaban J connectivity index is 1.65. The molecule has 0 aliphatic carbocycles. The number of hydrogen-bond donors (Lipinski definition) is 3. The first-order valence-electron chi connectivity index (χ1n) is 11.2. The molecule has 0 bridgehead atoms. The molecule has 3 N–H and O–H groups in total. The van der Waals surface area contributed by atoms with Crippen molar-refractivity contribution in [3.63, 3.8) is 0 Å². The summed E-state index contributed by atoms with van der Waals surface area (Å²) in [5, 5.41) is 5.94. The minimum Gasteiger partial charge on any atom is -0.496 e. The lowest BCUT2D eigenvalue weighted by atomic mass is 9.99. The summed E-state index contributed by atoms with van der Waals surface area (Å²) < 4.78 is 5.48. The normalized spacial score (nSPS) is 13.8. The van der Waals surface area contributed by atoms with E-state index in [2.05, 4.69) is 15.6 Å². The Hall–Kier alpha value is -3.84. The van der Waals surface area contributed by atoms with E-state index in [-0.39, 0.29) is 11.8 Å². The number of carbonyl (C=O) groups excluding carboxylic acids is 2. The van der Waals surface area contributed by atoms with E-state index in [9.17, 15) is 9.59 Å². The quantitative estimate of drug-likeness (QED) is 0.466. The van der Waals surface area contributed by atoms with Crippen LogP contribution in [0.2, 0.25) is 0 Å². The van der Waals surface area contributed by atoms with E-state index in [4.69, 9.17) is 4.74 Å². The number of rotatable bonds is 7. The average molecular weight is 459 g/mol. The van der Waals surface area contributed by atoms with Crippen molar-refractivity contribution in [3.8, 4) is 16.9 Å². The molecule has 1 aliphatic rings. The molecule has 1 aliphatic heterocycles. The van der Waals surface area contributed by atoms with Crippen LogP contribution in [-0.2, 0) is 4.79 Å². The second-order valence-electron chi connectivity index (χ2n) is 8.70. The predicted octanol–water partition coefficient (Wildman–Crippen LogP) is 4.09. The van der Waals surface area contributed by atoms with Crippen molar-refractivity contribution >= 4 is 29.2 Å². The number of aromatic amines is 1. The fourth-order valence-electron chi connectivity index (χ4n) is 4.27. The third-order valence-electron chi connectivity index (χ3n) is 6.06. The highest BCUT2D eigenvalue weighted by atomic mass is 16.5. The molecular weight excluding hydrogens is 428 g/mol. The lowest BCUT2D eigenvalue weighted by Gasteiger charge is -2.10. The third kappa shape index (κ3) is 4.47.